The summed E-state index contributed by atoms with van der Waals surface area (Å²) in [4.78, 5) is 0. The van der Waals surface area contributed by atoms with Gasteiger partial charge in [-0.3, -0.25) is 0 Å². The second-order valence-corrected chi connectivity index (χ2v) is 9.78. The fourth-order valence-corrected chi connectivity index (χ4v) is 4.00. The Labute approximate surface area is 148 Å². The second kappa shape index (κ2) is 12.9. The Morgan fingerprint density at radius 3 is 1.35 bits per heavy atom. The minimum Gasteiger partial charge on any atom is -0.194 e. The summed E-state index contributed by atoms with van der Waals surface area (Å²) in [5, 5.41) is 17.4. The van der Waals surface area contributed by atoms with Gasteiger partial charge in [0.2, 0.25) is 0 Å². The zero-order chi connectivity index (χ0) is 17.6. The van der Waals surface area contributed by atoms with Gasteiger partial charge in [0.25, 0.3) is 0 Å². The summed E-state index contributed by atoms with van der Waals surface area (Å²) in [7, 11) is 0. The second-order valence-electron chi connectivity index (χ2n) is 7.36. The van der Waals surface area contributed by atoms with Crippen LogP contribution < -0.4 is 0 Å². The Hall–Kier alpha value is -0.450. The lowest BCUT2D eigenvalue weighted by molar-refractivity contribution is 0.627. The van der Waals surface area contributed by atoms with Gasteiger partial charge in [-0.25, -0.2) is 0 Å². The van der Waals surface area contributed by atoms with E-state index in [4.69, 9.17) is 0 Å². The molecule has 0 aliphatic heterocycles. The quantitative estimate of drug-likeness (QED) is 0.260. The third-order valence-corrected chi connectivity index (χ3v) is 4.74. The van der Waals surface area contributed by atoms with E-state index < -0.39 is 0 Å². The van der Waals surface area contributed by atoms with E-state index >= 15 is 0 Å². The molecule has 0 rings (SSSR count). The fourth-order valence-electron chi connectivity index (χ4n) is 2.26. The molecule has 0 aliphatic carbocycles. The van der Waals surface area contributed by atoms with Crippen LogP contribution >= 0.6 is 11.8 Å². The van der Waals surface area contributed by atoms with Crippen LogP contribution in [-0.2, 0) is 0 Å². The zero-order valence-electron chi connectivity index (χ0n) is 16.3. The van der Waals surface area contributed by atoms with E-state index in [9.17, 15) is 0 Å². The van der Waals surface area contributed by atoms with Gasteiger partial charge in [0, 0.05) is 9.49 Å². The molecule has 0 aromatic carbocycles. The van der Waals surface area contributed by atoms with Crippen LogP contribution in [0.3, 0.4) is 0 Å². The van der Waals surface area contributed by atoms with E-state index in [1.807, 2.05) is 11.8 Å². The van der Waals surface area contributed by atoms with Crippen molar-refractivity contribution in [2.24, 2.45) is 20.5 Å². The maximum atomic E-state index is 4.38. The summed E-state index contributed by atoms with van der Waals surface area (Å²) in [5.74, 6) is 0. The molecule has 0 saturated carbocycles. The first-order chi connectivity index (χ1) is 10.8. The molecule has 5 heteroatoms. The van der Waals surface area contributed by atoms with Crippen LogP contribution in [0.4, 0.5) is 0 Å². The number of unbranched alkanes of at least 4 members (excludes halogenated alkanes) is 4. The van der Waals surface area contributed by atoms with Crippen LogP contribution in [0.25, 0.3) is 0 Å². The molecule has 0 unspecified atom stereocenters. The number of hydrogen-bond donors (Lipinski definition) is 0. The molecular weight excluding hydrogens is 304 g/mol. The maximum absolute atomic E-state index is 4.38. The van der Waals surface area contributed by atoms with Crippen LogP contribution in [0, 0.1) is 0 Å². The summed E-state index contributed by atoms with van der Waals surface area (Å²) in [6, 6.07) is 0. The molecule has 23 heavy (non-hydrogen) atoms. The summed E-state index contributed by atoms with van der Waals surface area (Å²) in [6.07, 6.45) is 7.26. The third kappa shape index (κ3) is 14.9. The van der Waals surface area contributed by atoms with Crippen LogP contribution in [0.2, 0.25) is 0 Å². The molecular formula is C18H38N4S. The molecule has 0 aromatic rings. The molecule has 0 N–H and O–H groups in total. The highest BCUT2D eigenvalue weighted by Crippen LogP contribution is 2.37. The van der Waals surface area contributed by atoms with E-state index in [1.54, 1.807) is 0 Å². The van der Waals surface area contributed by atoms with E-state index in [-0.39, 0.29) is 9.49 Å². The van der Waals surface area contributed by atoms with Gasteiger partial charge in [0.1, 0.15) is 0 Å². The molecule has 0 aromatic heterocycles. The first-order valence-electron chi connectivity index (χ1n) is 9.19. The molecule has 4 nitrogen and oxygen atoms in total. The van der Waals surface area contributed by atoms with Crippen LogP contribution in [-0.4, -0.2) is 35.7 Å². The first-order valence-corrected chi connectivity index (χ1v) is 10.0. The van der Waals surface area contributed by atoms with Gasteiger partial charge in [-0.2, -0.15) is 20.5 Å². The molecule has 0 aliphatic rings. The van der Waals surface area contributed by atoms with Crippen LogP contribution in [0.1, 0.15) is 80.1 Å². The molecule has 136 valence electrons. The van der Waals surface area contributed by atoms with Gasteiger partial charge in [-0.15, -0.1) is 11.8 Å². The summed E-state index contributed by atoms with van der Waals surface area (Å²) < 4.78 is 0.158. The summed E-state index contributed by atoms with van der Waals surface area (Å²) in [5.41, 5.74) is 0. The topological polar surface area (TPSA) is 49.4 Å². The molecule has 0 saturated heterocycles. The van der Waals surface area contributed by atoms with Crippen molar-refractivity contribution in [3.8, 4) is 0 Å². The van der Waals surface area contributed by atoms with E-state index in [1.165, 1.54) is 25.7 Å². The predicted molar refractivity (Wildman–Crippen MR) is 104 cm³/mol. The van der Waals surface area contributed by atoms with E-state index in [0.717, 1.165) is 39.0 Å². The van der Waals surface area contributed by atoms with Gasteiger partial charge in [0.05, 0.1) is 26.2 Å². The highest BCUT2D eigenvalue weighted by molar-refractivity contribution is 8.02. The molecule has 0 bridgehead atoms. The van der Waals surface area contributed by atoms with Crippen molar-refractivity contribution >= 4 is 11.8 Å². The lowest BCUT2D eigenvalue weighted by Crippen LogP contribution is -2.30. The number of rotatable bonds is 14. The van der Waals surface area contributed by atoms with Crippen molar-refractivity contribution in [2.75, 3.05) is 26.2 Å². The Kier molecular flexibility index (Phi) is 12.7. The van der Waals surface area contributed by atoms with Crippen molar-refractivity contribution < 1.29 is 0 Å². The highest BCUT2D eigenvalue weighted by Gasteiger charge is 2.29. The standard InChI is InChI=1S/C18H38N4S/c1-7-9-11-13-19-21-15-17(3,4)23-18(5,6)16-22-20-14-12-10-8-2/h7-16H2,1-6H3. The molecule has 0 radical (unpaired) electrons. The van der Waals surface area contributed by atoms with E-state index in [2.05, 4.69) is 62.0 Å². The fraction of sp³-hybridized carbons (Fsp3) is 1.00. The Bertz CT molecular complexity index is 306. The predicted octanol–water partition coefficient (Wildman–Crippen LogP) is 6.56. The summed E-state index contributed by atoms with van der Waals surface area (Å²) in [6.45, 7) is 16.6. The number of nitrogens with zero attached hydrogens (tertiary/aromatic N) is 4. The minimum atomic E-state index is 0.0789. The average molecular weight is 343 g/mol. The first kappa shape index (κ1) is 22.6. The van der Waals surface area contributed by atoms with Gasteiger partial charge in [0.15, 0.2) is 0 Å². The van der Waals surface area contributed by atoms with Crippen molar-refractivity contribution in [3.63, 3.8) is 0 Å². The van der Waals surface area contributed by atoms with Crippen molar-refractivity contribution in [2.45, 2.75) is 89.6 Å². The summed E-state index contributed by atoms with van der Waals surface area (Å²) >= 11 is 1.93. The largest absolute Gasteiger partial charge is 0.194 e. The van der Waals surface area contributed by atoms with Gasteiger partial charge >= 0.3 is 0 Å². The highest BCUT2D eigenvalue weighted by atomic mass is 32.2. The Morgan fingerprint density at radius 2 is 1.00 bits per heavy atom. The lowest BCUT2D eigenvalue weighted by Gasteiger charge is -2.31. The smallest absolute Gasteiger partial charge is 0.0740 e. The Morgan fingerprint density at radius 1 is 0.609 bits per heavy atom. The monoisotopic (exact) mass is 342 g/mol. The molecule has 0 fully saturated rings. The molecule has 0 amide bonds. The molecule has 0 atom stereocenters. The molecule has 0 spiro atoms. The van der Waals surface area contributed by atoms with Crippen LogP contribution in [0.15, 0.2) is 20.5 Å². The van der Waals surface area contributed by atoms with Crippen LogP contribution in [0.5, 0.6) is 0 Å². The van der Waals surface area contributed by atoms with Gasteiger partial charge in [-0.1, -0.05) is 39.5 Å². The van der Waals surface area contributed by atoms with Gasteiger partial charge < -0.3 is 0 Å². The maximum Gasteiger partial charge on any atom is 0.0740 e. The SMILES string of the molecule is CCCCCN=NCC(C)(C)SC(C)(C)CN=NCCCCC. The Balaban J connectivity index is 4.08. The normalized spacial score (nSPS) is 13.5. The average Bonchev–Trinajstić information content (AvgIpc) is 2.45. The third-order valence-electron chi connectivity index (χ3n) is 3.38. The number of thioether (sulfide) groups is 1. The van der Waals surface area contributed by atoms with Crippen molar-refractivity contribution in [1.29, 1.82) is 0 Å². The minimum absolute atomic E-state index is 0.0789. The molecule has 0 heterocycles. The number of azo groups is 2. The lowest BCUT2D eigenvalue weighted by atomic mass is 10.2. The van der Waals surface area contributed by atoms with Crippen molar-refractivity contribution in [1.82, 2.24) is 0 Å². The number of hydrogen-bond acceptors (Lipinski definition) is 5. The van der Waals surface area contributed by atoms with Crippen molar-refractivity contribution in [3.05, 3.63) is 0 Å². The van der Waals surface area contributed by atoms with E-state index in [0.29, 0.717) is 0 Å². The van der Waals surface area contributed by atoms with Gasteiger partial charge in [-0.05, 0) is 40.5 Å². The zero-order valence-corrected chi connectivity index (χ0v) is 17.1.